The first-order chi connectivity index (χ1) is 12.0. The van der Waals surface area contributed by atoms with Crippen molar-refractivity contribution in [1.82, 2.24) is 4.90 Å². The van der Waals surface area contributed by atoms with Gasteiger partial charge >= 0.3 is 0 Å². The summed E-state index contributed by atoms with van der Waals surface area (Å²) >= 11 is 0. The number of methoxy groups -OCH3 is 3. The molecule has 0 aromatic heterocycles. The highest BCUT2D eigenvalue weighted by atomic mass is 16.5. The number of aliphatic hydroxyl groups excluding tert-OH is 1. The Kier molecular flexibility index (Phi) is 10.5. The van der Waals surface area contributed by atoms with Gasteiger partial charge in [-0.15, -0.1) is 0 Å². The van der Waals surface area contributed by atoms with Crippen molar-refractivity contribution >= 4 is 0 Å². The number of nitrogens with zero attached hydrogens (tertiary/aromatic N) is 1. The summed E-state index contributed by atoms with van der Waals surface area (Å²) in [5.74, 6) is 1.96. The van der Waals surface area contributed by atoms with Crippen molar-refractivity contribution in [2.45, 2.75) is 26.5 Å². The van der Waals surface area contributed by atoms with Gasteiger partial charge in [0.05, 0.1) is 33.5 Å². The molecule has 0 spiro atoms. The third-order valence-electron chi connectivity index (χ3n) is 3.66. The van der Waals surface area contributed by atoms with Crippen molar-refractivity contribution in [3.05, 3.63) is 23.8 Å². The van der Waals surface area contributed by atoms with Gasteiger partial charge in [0.2, 0.25) is 0 Å². The molecule has 1 rings (SSSR count). The summed E-state index contributed by atoms with van der Waals surface area (Å²) in [6.45, 7) is 7.67. The van der Waals surface area contributed by atoms with Crippen LogP contribution in [0.5, 0.6) is 11.5 Å². The zero-order valence-corrected chi connectivity index (χ0v) is 16.2. The molecule has 0 unspecified atom stereocenters. The lowest BCUT2D eigenvalue weighted by atomic mass is 10.1. The van der Waals surface area contributed by atoms with Crippen molar-refractivity contribution < 1.29 is 24.1 Å². The Morgan fingerprint density at radius 2 is 1.64 bits per heavy atom. The Balaban J connectivity index is 2.68. The van der Waals surface area contributed by atoms with E-state index < -0.39 is 6.10 Å². The van der Waals surface area contributed by atoms with Gasteiger partial charge in [0.15, 0.2) is 0 Å². The Morgan fingerprint density at radius 1 is 1.00 bits per heavy atom. The van der Waals surface area contributed by atoms with Crippen LogP contribution in [0.25, 0.3) is 0 Å². The molecular formula is C19H33NO5. The van der Waals surface area contributed by atoms with Crippen molar-refractivity contribution in [1.29, 1.82) is 0 Å². The number of hydrogen-bond acceptors (Lipinski definition) is 6. The maximum absolute atomic E-state index is 10.3. The van der Waals surface area contributed by atoms with E-state index in [-0.39, 0.29) is 0 Å². The zero-order chi connectivity index (χ0) is 18.7. The lowest BCUT2D eigenvalue weighted by Crippen LogP contribution is -2.36. The predicted octanol–water partition coefficient (Wildman–Crippen LogP) is 2.19. The number of rotatable bonds is 13. The highest BCUT2D eigenvalue weighted by Gasteiger charge is 2.14. The second-order valence-electron chi connectivity index (χ2n) is 6.53. The topological polar surface area (TPSA) is 60.4 Å². The van der Waals surface area contributed by atoms with Gasteiger partial charge in [-0.25, -0.2) is 0 Å². The van der Waals surface area contributed by atoms with Gasteiger partial charge in [-0.3, -0.25) is 4.90 Å². The summed E-state index contributed by atoms with van der Waals surface area (Å²) in [5, 5.41) is 10.3. The van der Waals surface area contributed by atoms with Crippen LogP contribution < -0.4 is 9.47 Å². The second-order valence-corrected chi connectivity index (χ2v) is 6.53. The normalized spacial score (nSPS) is 12.6. The van der Waals surface area contributed by atoms with E-state index in [9.17, 15) is 5.11 Å². The minimum absolute atomic E-state index is 0.336. The smallest absolute Gasteiger partial charge is 0.122 e. The Morgan fingerprint density at radius 3 is 2.16 bits per heavy atom. The molecule has 0 bridgehead atoms. The third-order valence-corrected chi connectivity index (χ3v) is 3.66. The van der Waals surface area contributed by atoms with Gasteiger partial charge in [0.25, 0.3) is 0 Å². The SMILES string of the molecule is COCCN(Cc1cc(OC)cc(OC)c1)C[C@H](O)COCC(C)C. The summed E-state index contributed by atoms with van der Waals surface area (Å²) < 4.78 is 21.4. The molecule has 1 aromatic rings. The summed E-state index contributed by atoms with van der Waals surface area (Å²) in [4.78, 5) is 2.14. The molecule has 0 heterocycles. The van der Waals surface area contributed by atoms with E-state index in [2.05, 4.69) is 18.7 Å². The average Bonchev–Trinajstić information content (AvgIpc) is 2.58. The molecule has 1 atom stereocenters. The van der Waals surface area contributed by atoms with Crippen LogP contribution >= 0.6 is 0 Å². The lowest BCUT2D eigenvalue weighted by Gasteiger charge is -2.25. The van der Waals surface area contributed by atoms with Crippen LogP contribution in [0.1, 0.15) is 19.4 Å². The number of benzene rings is 1. The first-order valence-electron chi connectivity index (χ1n) is 8.67. The molecular weight excluding hydrogens is 322 g/mol. The van der Waals surface area contributed by atoms with Crippen LogP contribution in [-0.4, -0.2) is 70.3 Å². The first kappa shape index (κ1) is 21.7. The van der Waals surface area contributed by atoms with E-state index >= 15 is 0 Å². The van der Waals surface area contributed by atoms with E-state index in [0.29, 0.717) is 38.8 Å². The fraction of sp³-hybridized carbons (Fsp3) is 0.684. The molecule has 0 aliphatic carbocycles. The van der Waals surface area contributed by atoms with Gasteiger partial charge in [-0.1, -0.05) is 13.8 Å². The number of aliphatic hydroxyl groups is 1. The van der Waals surface area contributed by atoms with Gasteiger partial charge in [-0.05, 0) is 23.6 Å². The minimum Gasteiger partial charge on any atom is -0.497 e. The van der Waals surface area contributed by atoms with Crippen molar-refractivity contribution in [3.63, 3.8) is 0 Å². The Bertz CT molecular complexity index is 459. The fourth-order valence-electron chi connectivity index (χ4n) is 2.46. The average molecular weight is 355 g/mol. The molecule has 144 valence electrons. The molecule has 6 heteroatoms. The quantitative estimate of drug-likeness (QED) is 0.585. The molecule has 0 radical (unpaired) electrons. The van der Waals surface area contributed by atoms with Gasteiger partial charge in [0, 0.05) is 39.4 Å². The molecule has 1 N–H and O–H groups in total. The van der Waals surface area contributed by atoms with Crippen LogP contribution in [0.15, 0.2) is 18.2 Å². The lowest BCUT2D eigenvalue weighted by molar-refractivity contribution is 0.00335. The minimum atomic E-state index is -0.539. The molecule has 25 heavy (non-hydrogen) atoms. The van der Waals surface area contributed by atoms with Gasteiger partial charge < -0.3 is 24.1 Å². The van der Waals surface area contributed by atoms with Crippen LogP contribution in [-0.2, 0) is 16.0 Å². The molecule has 0 amide bonds. The summed E-state index contributed by atoms with van der Waals surface area (Å²) in [6.07, 6.45) is -0.539. The molecule has 0 aliphatic heterocycles. The Hall–Kier alpha value is -1.34. The molecule has 0 aliphatic rings. The van der Waals surface area contributed by atoms with Gasteiger partial charge in [-0.2, -0.15) is 0 Å². The van der Waals surface area contributed by atoms with E-state index in [1.54, 1.807) is 21.3 Å². The van der Waals surface area contributed by atoms with Crippen LogP contribution in [0.4, 0.5) is 0 Å². The summed E-state index contributed by atoms with van der Waals surface area (Å²) in [7, 11) is 4.95. The van der Waals surface area contributed by atoms with Crippen molar-refractivity contribution in [3.8, 4) is 11.5 Å². The maximum Gasteiger partial charge on any atom is 0.122 e. The van der Waals surface area contributed by atoms with Crippen molar-refractivity contribution in [2.24, 2.45) is 5.92 Å². The Labute approximate surface area is 151 Å². The molecule has 6 nitrogen and oxygen atoms in total. The standard InChI is InChI=1S/C19H33NO5/c1-15(2)13-25-14-17(21)12-20(6-7-22-3)11-16-8-18(23-4)10-19(9-16)24-5/h8-10,15,17,21H,6-7,11-14H2,1-5H3/t17-/m0/s1. The molecule has 0 fully saturated rings. The van der Waals surface area contributed by atoms with Crippen LogP contribution in [0.3, 0.4) is 0 Å². The monoisotopic (exact) mass is 355 g/mol. The fourth-order valence-corrected chi connectivity index (χ4v) is 2.46. The van der Waals surface area contributed by atoms with Crippen molar-refractivity contribution in [2.75, 3.05) is 54.2 Å². The molecule has 1 aromatic carbocycles. The van der Waals surface area contributed by atoms with Crippen LogP contribution in [0.2, 0.25) is 0 Å². The van der Waals surface area contributed by atoms with E-state index in [1.165, 1.54) is 0 Å². The van der Waals surface area contributed by atoms with E-state index in [4.69, 9.17) is 18.9 Å². The second kappa shape index (κ2) is 12.1. The first-order valence-corrected chi connectivity index (χ1v) is 8.67. The van der Waals surface area contributed by atoms with Gasteiger partial charge in [0.1, 0.15) is 11.5 Å². The van der Waals surface area contributed by atoms with Crippen LogP contribution in [0, 0.1) is 5.92 Å². The third kappa shape index (κ3) is 9.07. The maximum atomic E-state index is 10.3. The van der Waals surface area contributed by atoms with E-state index in [1.807, 2.05) is 18.2 Å². The molecule has 0 saturated carbocycles. The number of hydrogen-bond donors (Lipinski definition) is 1. The zero-order valence-electron chi connectivity index (χ0n) is 16.2. The number of ether oxygens (including phenoxy) is 4. The highest BCUT2D eigenvalue weighted by Crippen LogP contribution is 2.23. The predicted molar refractivity (Wildman–Crippen MR) is 98.4 cm³/mol. The largest absolute Gasteiger partial charge is 0.497 e. The summed E-state index contributed by atoms with van der Waals surface area (Å²) in [5.41, 5.74) is 1.06. The summed E-state index contributed by atoms with van der Waals surface area (Å²) in [6, 6.07) is 5.80. The highest BCUT2D eigenvalue weighted by molar-refractivity contribution is 5.38. The molecule has 0 saturated heterocycles. The van der Waals surface area contributed by atoms with E-state index in [0.717, 1.165) is 23.6 Å².